The van der Waals surface area contributed by atoms with Gasteiger partial charge in [-0.25, -0.2) is 0 Å². The third kappa shape index (κ3) is 2.31. The van der Waals surface area contributed by atoms with Gasteiger partial charge in [-0.2, -0.15) is 0 Å². The Balaban J connectivity index is 2.15. The topological polar surface area (TPSA) is 18.5 Å². The van der Waals surface area contributed by atoms with Crippen LogP contribution in [0.15, 0.2) is 30.3 Å². The molecule has 0 unspecified atom stereocenters. The molecule has 0 amide bonds. The smallest absolute Gasteiger partial charge is 0.414 e. The van der Waals surface area contributed by atoms with E-state index in [1.807, 2.05) is 0 Å². The minimum Gasteiger partial charge on any atom is -0.414 e. The molecule has 86 valence electrons. The first-order chi connectivity index (χ1) is 7.86. The van der Waals surface area contributed by atoms with Crippen molar-refractivity contribution >= 4 is 7.12 Å². The zero-order valence-electron chi connectivity index (χ0n) is 10.1. The summed E-state index contributed by atoms with van der Waals surface area (Å²) in [5, 5.41) is 0. The van der Waals surface area contributed by atoms with Crippen LogP contribution < -0.4 is 0 Å². The molecule has 0 radical (unpaired) electrons. The van der Waals surface area contributed by atoms with Crippen LogP contribution in [-0.2, 0) is 9.31 Å². The Morgan fingerprint density at radius 3 is 2.38 bits per heavy atom. The second kappa shape index (κ2) is 5.51. The van der Waals surface area contributed by atoms with E-state index in [0.717, 1.165) is 0 Å². The van der Waals surface area contributed by atoms with E-state index in [2.05, 4.69) is 30.3 Å². The van der Waals surface area contributed by atoms with Gasteiger partial charge in [-0.1, -0.05) is 43.2 Å². The number of hydrogen-bond acceptors (Lipinski definition) is 2. The van der Waals surface area contributed by atoms with Crippen LogP contribution in [0.3, 0.4) is 0 Å². The lowest BCUT2D eigenvalue weighted by molar-refractivity contribution is 0.262. The maximum Gasteiger partial charge on any atom is 0.460 e. The van der Waals surface area contributed by atoms with E-state index in [9.17, 15) is 0 Å². The van der Waals surface area contributed by atoms with Crippen molar-refractivity contribution in [1.82, 2.24) is 0 Å². The van der Waals surface area contributed by atoms with Gasteiger partial charge in [0.05, 0.1) is 0 Å². The van der Waals surface area contributed by atoms with Gasteiger partial charge in [0.1, 0.15) is 0 Å². The summed E-state index contributed by atoms with van der Waals surface area (Å²) in [6.45, 7) is 0. The maximum atomic E-state index is 5.41. The van der Waals surface area contributed by atoms with E-state index >= 15 is 0 Å². The molecule has 2 atom stereocenters. The van der Waals surface area contributed by atoms with E-state index in [4.69, 9.17) is 9.31 Å². The molecular formula is C13H19BO2. The van der Waals surface area contributed by atoms with Crippen LogP contribution in [0.1, 0.15) is 30.7 Å². The van der Waals surface area contributed by atoms with Gasteiger partial charge in [-0.15, -0.1) is 0 Å². The van der Waals surface area contributed by atoms with E-state index in [0.29, 0.717) is 11.7 Å². The lowest BCUT2D eigenvalue weighted by Gasteiger charge is -2.23. The highest BCUT2D eigenvalue weighted by molar-refractivity contribution is 6.46. The molecule has 1 aromatic carbocycles. The predicted octanol–water partition coefficient (Wildman–Crippen LogP) is 3.11. The lowest BCUT2D eigenvalue weighted by Crippen LogP contribution is -2.27. The van der Waals surface area contributed by atoms with Crippen LogP contribution in [-0.4, -0.2) is 21.3 Å². The molecule has 0 bridgehead atoms. The molecule has 3 heteroatoms. The third-order valence-electron chi connectivity index (χ3n) is 3.61. The van der Waals surface area contributed by atoms with E-state index in [1.165, 1.54) is 24.8 Å². The van der Waals surface area contributed by atoms with Crippen molar-refractivity contribution in [2.75, 3.05) is 14.2 Å². The monoisotopic (exact) mass is 218 g/mol. The summed E-state index contributed by atoms with van der Waals surface area (Å²) in [6.07, 6.45) is 3.72. The largest absolute Gasteiger partial charge is 0.460 e. The Hall–Kier alpha value is -0.795. The highest BCUT2D eigenvalue weighted by Crippen LogP contribution is 2.45. The van der Waals surface area contributed by atoms with Crippen LogP contribution >= 0.6 is 0 Å². The molecule has 0 N–H and O–H groups in total. The van der Waals surface area contributed by atoms with Crippen LogP contribution in [0.4, 0.5) is 0 Å². The van der Waals surface area contributed by atoms with Crippen molar-refractivity contribution in [3.63, 3.8) is 0 Å². The fraction of sp³-hybridized carbons (Fsp3) is 0.538. The Morgan fingerprint density at radius 2 is 1.75 bits per heavy atom. The normalized spacial score (nSPS) is 24.6. The number of hydrogen-bond donors (Lipinski definition) is 0. The second-order valence-corrected chi connectivity index (χ2v) is 4.45. The summed E-state index contributed by atoms with van der Waals surface area (Å²) in [7, 11) is 3.40. The first-order valence-electron chi connectivity index (χ1n) is 5.97. The molecule has 1 aliphatic carbocycles. The van der Waals surface area contributed by atoms with Crippen LogP contribution in [0, 0.1) is 0 Å². The van der Waals surface area contributed by atoms with Crippen molar-refractivity contribution in [3.05, 3.63) is 35.9 Å². The number of rotatable bonds is 4. The Bertz CT molecular complexity index is 311. The van der Waals surface area contributed by atoms with Crippen LogP contribution in [0.5, 0.6) is 0 Å². The minimum atomic E-state index is -0.0623. The van der Waals surface area contributed by atoms with Crippen LogP contribution in [0.2, 0.25) is 5.82 Å². The summed E-state index contributed by atoms with van der Waals surface area (Å²) in [5.41, 5.74) is 1.42. The van der Waals surface area contributed by atoms with E-state index in [-0.39, 0.29) is 7.12 Å². The van der Waals surface area contributed by atoms with Crippen molar-refractivity contribution in [2.24, 2.45) is 0 Å². The predicted molar refractivity (Wildman–Crippen MR) is 66.6 cm³/mol. The Labute approximate surface area is 98.1 Å². The molecule has 1 saturated carbocycles. The SMILES string of the molecule is COB(OC)[C@H]1CCC[C@@H]1c1ccccc1. The second-order valence-electron chi connectivity index (χ2n) is 4.45. The molecule has 2 rings (SSSR count). The van der Waals surface area contributed by atoms with Crippen molar-refractivity contribution < 1.29 is 9.31 Å². The van der Waals surface area contributed by atoms with Gasteiger partial charge in [0.25, 0.3) is 0 Å². The molecule has 1 aromatic rings. The zero-order valence-corrected chi connectivity index (χ0v) is 10.1. The average molecular weight is 218 g/mol. The summed E-state index contributed by atoms with van der Waals surface area (Å²) >= 11 is 0. The third-order valence-corrected chi connectivity index (χ3v) is 3.61. The molecule has 1 aliphatic rings. The van der Waals surface area contributed by atoms with E-state index in [1.54, 1.807) is 14.2 Å². The molecular weight excluding hydrogens is 199 g/mol. The highest BCUT2D eigenvalue weighted by atomic mass is 16.6. The van der Waals surface area contributed by atoms with Gasteiger partial charge < -0.3 is 9.31 Å². The van der Waals surface area contributed by atoms with Gasteiger partial charge in [-0.05, 0) is 17.9 Å². The van der Waals surface area contributed by atoms with Crippen molar-refractivity contribution in [2.45, 2.75) is 31.0 Å². The lowest BCUT2D eigenvalue weighted by atomic mass is 9.64. The summed E-state index contributed by atoms with van der Waals surface area (Å²) < 4.78 is 10.8. The summed E-state index contributed by atoms with van der Waals surface area (Å²) in [6, 6.07) is 10.7. The molecule has 16 heavy (non-hydrogen) atoms. The zero-order chi connectivity index (χ0) is 11.4. The molecule has 2 nitrogen and oxygen atoms in total. The van der Waals surface area contributed by atoms with E-state index < -0.39 is 0 Å². The van der Waals surface area contributed by atoms with Gasteiger partial charge >= 0.3 is 7.12 Å². The van der Waals surface area contributed by atoms with Gasteiger partial charge in [0.15, 0.2) is 0 Å². The fourth-order valence-corrected chi connectivity index (χ4v) is 2.87. The minimum absolute atomic E-state index is 0.0623. The molecule has 0 spiro atoms. The van der Waals surface area contributed by atoms with Crippen molar-refractivity contribution in [1.29, 1.82) is 0 Å². The fourth-order valence-electron chi connectivity index (χ4n) is 2.87. The summed E-state index contributed by atoms with van der Waals surface area (Å²) in [4.78, 5) is 0. The van der Waals surface area contributed by atoms with Gasteiger partial charge in [0.2, 0.25) is 0 Å². The van der Waals surface area contributed by atoms with Crippen LogP contribution in [0.25, 0.3) is 0 Å². The molecule has 0 heterocycles. The maximum absolute atomic E-state index is 5.41. The molecule has 0 saturated heterocycles. The summed E-state index contributed by atoms with van der Waals surface area (Å²) in [5.74, 6) is 1.09. The highest BCUT2D eigenvalue weighted by Gasteiger charge is 2.39. The number of benzene rings is 1. The van der Waals surface area contributed by atoms with Gasteiger partial charge in [-0.3, -0.25) is 0 Å². The van der Waals surface area contributed by atoms with Gasteiger partial charge in [0, 0.05) is 20.0 Å². The quantitative estimate of drug-likeness (QED) is 0.723. The molecule has 0 aliphatic heterocycles. The first-order valence-corrected chi connectivity index (χ1v) is 5.97. The molecule has 0 aromatic heterocycles. The first kappa shape index (κ1) is 11.7. The Morgan fingerprint density at radius 1 is 1.06 bits per heavy atom. The average Bonchev–Trinajstić information content (AvgIpc) is 2.81. The van der Waals surface area contributed by atoms with Crippen molar-refractivity contribution in [3.8, 4) is 0 Å². The standard InChI is InChI=1S/C13H19BO2/c1-15-14(16-2)13-10-6-9-12(13)11-7-4-3-5-8-11/h3-5,7-8,12-13H,6,9-10H2,1-2H3/t12-,13+/m1/s1. The molecule has 1 fully saturated rings. The Kier molecular flexibility index (Phi) is 4.02.